The largest absolute Gasteiger partial charge is 0.495 e. The maximum absolute atomic E-state index is 12.8. The molecule has 0 radical (unpaired) electrons. The molecule has 0 bridgehead atoms. The van der Waals surface area contributed by atoms with Crippen LogP contribution in [0.5, 0.6) is 5.75 Å². The number of hydrogen-bond donors (Lipinski definition) is 2. The third-order valence-electron chi connectivity index (χ3n) is 5.55. The lowest BCUT2D eigenvalue weighted by molar-refractivity contribution is -0.130. The molecule has 0 unspecified atom stereocenters. The second-order valence-electron chi connectivity index (χ2n) is 9.55. The molecule has 1 heterocycles. The Kier molecular flexibility index (Phi) is 8.34. The fourth-order valence-corrected chi connectivity index (χ4v) is 5.49. The van der Waals surface area contributed by atoms with Gasteiger partial charge in [-0.2, -0.15) is 0 Å². The Morgan fingerprint density at radius 1 is 1.06 bits per heavy atom. The molecule has 2 N–H and O–H groups in total. The van der Waals surface area contributed by atoms with Crippen LogP contribution in [0.2, 0.25) is 0 Å². The van der Waals surface area contributed by atoms with Crippen LogP contribution in [-0.4, -0.2) is 50.9 Å². The number of para-hydroxylation sites is 1. The van der Waals surface area contributed by atoms with E-state index in [9.17, 15) is 18.0 Å². The minimum Gasteiger partial charge on any atom is -0.495 e. The number of methoxy groups -OCH3 is 1. The zero-order chi connectivity index (χ0) is 25.6. The van der Waals surface area contributed by atoms with E-state index >= 15 is 0 Å². The molecule has 0 aliphatic carbocycles. The number of carbonyl (C=O) groups excluding carboxylic acids is 2. The highest BCUT2D eigenvalue weighted by Gasteiger charge is 2.27. The normalized spacial score (nSPS) is 15.3. The zero-order valence-electron chi connectivity index (χ0n) is 20.6. The van der Waals surface area contributed by atoms with Gasteiger partial charge in [0.1, 0.15) is 10.6 Å². The number of amides is 2. The molecule has 8 nitrogen and oxygen atoms in total. The molecule has 3 rings (SSSR count). The van der Waals surface area contributed by atoms with E-state index in [0.717, 1.165) is 5.69 Å². The number of hydrogen-bond acceptors (Lipinski definition) is 5. The van der Waals surface area contributed by atoms with E-state index in [0.29, 0.717) is 31.5 Å². The van der Waals surface area contributed by atoms with Gasteiger partial charge in [0, 0.05) is 36.3 Å². The molecule has 1 saturated heterocycles. The van der Waals surface area contributed by atoms with Gasteiger partial charge in [0.2, 0.25) is 21.8 Å². The van der Waals surface area contributed by atoms with E-state index in [1.807, 2.05) is 30.3 Å². The molecule has 2 amide bonds. The Balaban J connectivity index is 1.62. The van der Waals surface area contributed by atoms with Crippen LogP contribution in [0, 0.1) is 5.92 Å². The number of ether oxygens (including phenoxy) is 1. The number of piperidine rings is 1. The lowest BCUT2D eigenvalue weighted by Gasteiger charge is -2.30. The van der Waals surface area contributed by atoms with Crippen molar-refractivity contribution in [2.75, 3.05) is 25.5 Å². The van der Waals surface area contributed by atoms with Crippen LogP contribution in [-0.2, 0) is 19.6 Å². The van der Waals surface area contributed by atoms with Crippen molar-refractivity contribution in [2.24, 2.45) is 5.92 Å². The van der Waals surface area contributed by atoms with Crippen molar-refractivity contribution in [1.29, 1.82) is 0 Å². The van der Waals surface area contributed by atoms with Crippen molar-refractivity contribution < 1.29 is 22.7 Å². The molecule has 0 atom stereocenters. The lowest BCUT2D eigenvalue weighted by atomic mass is 9.95. The molecule has 1 aliphatic heterocycles. The summed E-state index contributed by atoms with van der Waals surface area (Å²) in [6, 6.07) is 14.1. The first-order valence-corrected chi connectivity index (χ1v) is 13.0. The highest BCUT2D eigenvalue weighted by molar-refractivity contribution is 7.89. The first kappa shape index (κ1) is 26.4. The van der Waals surface area contributed by atoms with Crippen LogP contribution in [0.1, 0.15) is 39.2 Å². The summed E-state index contributed by atoms with van der Waals surface area (Å²) in [6.45, 7) is 6.23. The van der Waals surface area contributed by atoms with Gasteiger partial charge in [0.25, 0.3) is 0 Å². The van der Waals surface area contributed by atoms with E-state index in [4.69, 9.17) is 4.74 Å². The molecule has 9 heteroatoms. The Bertz CT molecular complexity index is 1180. The summed E-state index contributed by atoms with van der Waals surface area (Å²) < 4.78 is 33.5. The standard InChI is InChI=1S/C26H33N3O5S/c1-26(2,3)28-35(32,33)23-18-19(10-12-22(23)34-4)11-13-24(30)29-16-14-20(15-17-29)25(31)27-21-8-6-5-7-9-21/h5-13,18,20,28H,14-17H2,1-4H3,(H,27,31). The highest BCUT2D eigenvalue weighted by atomic mass is 32.2. The molecule has 35 heavy (non-hydrogen) atoms. The zero-order valence-corrected chi connectivity index (χ0v) is 21.4. The molecule has 0 spiro atoms. The molecule has 2 aromatic rings. The van der Waals surface area contributed by atoms with Crippen LogP contribution in [0.4, 0.5) is 5.69 Å². The number of carbonyl (C=O) groups is 2. The van der Waals surface area contributed by atoms with Crippen molar-refractivity contribution in [2.45, 2.75) is 44.0 Å². The molecule has 0 aromatic heterocycles. The van der Waals surface area contributed by atoms with Gasteiger partial charge < -0.3 is 15.0 Å². The van der Waals surface area contributed by atoms with E-state index in [1.54, 1.807) is 43.9 Å². The van der Waals surface area contributed by atoms with Crippen molar-refractivity contribution in [1.82, 2.24) is 9.62 Å². The number of anilines is 1. The second-order valence-corrected chi connectivity index (χ2v) is 11.2. The highest BCUT2D eigenvalue weighted by Crippen LogP contribution is 2.27. The second kappa shape index (κ2) is 11.0. The summed E-state index contributed by atoms with van der Waals surface area (Å²) in [5.41, 5.74) is 0.665. The van der Waals surface area contributed by atoms with Crippen LogP contribution in [0.25, 0.3) is 6.08 Å². The molecule has 1 fully saturated rings. The smallest absolute Gasteiger partial charge is 0.246 e. The molecule has 2 aromatic carbocycles. The van der Waals surface area contributed by atoms with Crippen LogP contribution < -0.4 is 14.8 Å². The first-order chi connectivity index (χ1) is 16.5. The predicted molar refractivity (Wildman–Crippen MR) is 136 cm³/mol. The summed E-state index contributed by atoms with van der Waals surface area (Å²) in [7, 11) is -2.41. The summed E-state index contributed by atoms with van der Waals surface area (Å²) in [4.78, 5) is 26.9. The fourth-order valence-electron chi connectivity index (χ4n) is 3.87. The third kappa shape index (κ3) is 7.40. The van der Waals surface area contributed by atoms with Crippen molar-refractivity contribution in [3.05, 3.63) is 60.2 Å². The van der Waals surface area contributed by atoms with Gasteiger partial charge in [0.15, 0.2) is 0 Å². The number of likely N-dealkylation sites (tertiary alicyclic amines) is 1. The van der Waals surface area contributed by atoms with Crippen molar-refractivity contribution >= 4 is 33.6 Å². The monoisotopic (exact) mass is 499 g/mol. The number of sulfonamides is 1. The predicted octanol–water partition coefficient (Wildman–Crippen LogP) is 3.66. The topological polar surface area (TPSA) is 105 Å². The van der Waals surface area contributed by atoms with Crippen LogP contribution in [0.15, 0.2) is 59.5 Å². The lowest BCUT2D eigenvalue weighted by Crippen LogP contribution is -2.40. The number of rotatable bonds is 7. The SMILES string of the molecule is COc1ccc(C=CC(=O)N2CCC(C(=O)Nc3ccccc3)CC2)cc1S(=O)(=O)NC(C)(C)C. The van der Waals surface area contributed by atoms with Gasteiger partial charge in [-0.05, 0) is 69.5 Å². The number of nitrogens with one attached hydrogen (secondary N) is 2. The quantitative estimate of drug-likeness (QED) is 0.566. The Morgan fingerprint density at radius 3 is 2.31 bits per heavy atom. The van der Waals surface area contributed by atoms with Gasteiger partial charge >= 0.3 is 0 Å². The minimum atomic E-state index is -3.82. The molecule has 1 aliphatic rings. The number of benzene rings is 2. The summed E-state index contributed by atoms with van der Waals surface area (Å²) >= 11 is 0. The van der Waals surface area contributed by atoms with Crippen molar-refractivity contribution in [3.63, 3.8) is 0 Å². The maximum Gasteiger partial charge on any atom is 0.246 e. The average molecular weight is 500 g/mol. The van der Waals surface area contributed by atoms with Gasteiger partial charge in [-0.3, -0.25) is 9.59 Å². The van der Waals surface area contributed by atoms with Gasteiger partial charge in [-0.1, -0.05) is 24.3 Å². The van der Waals surface area contributed by atoms with Gasteiger partial charge in [-0.25, -0.2) is 13.1 Å². The molecule has 0 saturated carbocycles. The van der Waals surface area contributed by atoms with E-state index in [2.05, 4.69) is 10.0 Å². The maximum atomic E-state index is 12.8. The van der Waals surface area contributed by atoms with Gasteiger partial charge in [-0.15, -0.1) is 0 Å². The Morgan fingerprint density at radius 2 is 1.71 bits per heavy atom. The Hall–Kier alpha value is -3.17. The third-order valence-corrected chi connectivity index (χ3v) is 7.33. The number of nitrogens with zero attached hydrogens (tertiary/aromatic N) is 1. The van der Waals surface area contributed by atoms with Crippen LogP contribution >= 0.6 is 0 Å². The van der Waals surface area contributed by atoms with Crippen LogP contribution in [0.3, 0.4) is 0 Å². The summed E-state index contributed by atoms with van der Waals surface area (Å²) in [6.07, 6.45) is 4.19. The summed E-state index contributed by atoms with van der Waals surface area (Å²) in [5, 5.41) is 2.92. The minimum absolute atomic E-state index is 0.00904. The average Bonchev–Trinajstić information content (AvgIpc) is 2.81. The first-order valence-electron chi connectivity index (χ1n) is 11.5. The fraction of sp³-hybridized carbons (Fsp3) is 0.385. The summed E-state index contributed by atoms with van der Waals surface area (Å²) in [5.74, 6) is -0.136. The Labute approximate surface area is 207 Å². The van der Waals surface area contributed by atoms with E-state index in [-0.39, 0.29) is 28.4 Å². The molecular weight excluding hydrogens is 466 g/mol. The molecular formula is C26H33N3O5S. The van der Waals surface area contributed by atoms with Crippen molar-refractivity contribution in [3.8, 4) is 5.75 Å². The van der Waals surface area contributed by atoms with E-state index < -0.39 is 15.6 Å². The van der Waals surface area contributed by atoms with Gasteiger partial charge in [0.05, 0.1) is 7.11 Å². The molecule has 188 valence electrons. The van der Waals surface area contributed by atoms with E-state index in [1.165, 1.54) is 19.3 Å².